The van der Waals surface area contributed by atoms with Crippen molar-refractivity contribution in [1.82, 2.24) is 10.2 Å². The van der Waals surface area contributed by atoms with Gasteiger partial charge in [0.05, 0.1) is 5.88 Å². The van der Waals surface area contributed by atoms with Crippen LogP contribution in [-0.2, 0) is 14.4 Å². The fraction of sp³-hybridized carbons (Fsp3) is 0.800. The molecule has 0 aromatic heterocycles. The van der Waals surface area contributed by atoms with Crippen LogP contribution < -0.4 is 5.32 Å². The molecule has 0 saturated carbocycles. The van der Waals surface area contributed by atoms with Crippen molar-refractivity contribution < 1.29 is 19.5 Å². The van der Waals surface area contributed by atoms with Gasteiger partial charge < -0.3 is 15.3 Å². The third kappa shape index (κ3) is 5.51. The Balaban J connectivity index is 2.71. The van der Waals surface area contributed by atoms with E-state index in [0.29, 0.717) is 30.9 Å². The summed E-state index contributed by atoms with van der Waals surface area (Å²) in [6.07, 6.45) is 1.43. The highest BCUT2D eigenvalue weighted by atomic mass is 32.2. The van der Waals surface area contributed by atoms with E-state index in [1.54, 1.807) is 4.90 Å². The molecule has 1 rings (SSSR count). The van der Waals surface area contributed by atoms with Gasteiger partial charge in [-0.2, -0.15) is 0 Å². The Hall–Kier alpha value is -1.24. The zero-order chi connectivity index (χ0) is 16.9. The van der Waals surface area contributed by atoms with Gasteiger partial charge in [-0.15, -0.1) is 11.8 Å². The summed E-state index contributed by atoms with van der Waals surface area (Å²) in [4.78, 5) is 37.4. The molecule has 22 heavy (non-hydrogen) atoms. The van der Waals surface area contributed by atoms with Crippen molar-refractivity contribution in [2.45, 2.75) is 59.0 Å². The number of amides is 2. The first kappa shape index (κ1) is 18.8. The Morgan fingerprint density at radius 1 is 1.36 bits per heavy atom. The third-order valence-electron chi connectivity index (χ3n) is 3.38. The van der Waals surface area contributed by atoms with Crippen molar-refractivity contribution in [2.24, 2.45) is 5.41 Å². The Labute approximate surface area is 136 Å². The van der Waals surface area contributed by atoms with E-state index in [9.17, 15) is 14.4 Å². The van der Waals surface area contributed by atoms with Crippen molar-refractivity contribution in [1.29, 1.82) is 0 Å². The quantitative estimate of drug-likeness (QED) is 0.774. The first-order chi connectivity index (χ1) is 10.2. The Morgan fingerprint density at radius 2 is 2.00 bits per heavy atom. The lowest BCUT2D eigenvalue weighted by molar-refractivity contribution is -0.144. The van der Waals surface area contributed by atoms with Gasteiger partial charge in [0.1, 0.15) is 12.1 Å². The van der Waals surface area contributed by atoms with E-state index in [-0.39, 0.29) is 17.2 Å². The molecule has 0 radical (unpaired) electrons. The fourth-order valence-electron chi connectivity index (χ4n) is 2.27. The maximum atomic E-state index is 12.3. The maximum absolute atomic E-state index is 12.3. The van der Waals surface area contributed by atoms with Gasteiger partial charge in [0.15, 0.2) is 0 Å². The number of aliphatic carboxylic acids is 1. The van der Waals surface area contributed by atoms with Crippen molar-refractivity contribution in [2.75, 3.05) is 11.6 Å². The lowest BCUT2D eigenvalue weighted by Crippen LogP contribution is -2.52. The second-order valence-corrected chi connectivity index (χ2v) is 7.80. The van der Waals surface area contributed by atoms with E-state index >= 15 is 0 Å². The van der Waals surface area contributed by atoms with Crippen LogP contribution >= 0.6 is 11.8 Å². The minimum Gasteiger partial charge on any atom is -0.480 e. The number of nitrogens with one attached hydrogen (secondary N) is 1. The van der Waals surface area contributed by atoms with Crippen LogP contribution in [-0.4, -0.2) is 51.5 Å². The van der Waals surface area contributed by atoms with Gasteiger partial charge in [-0.25, -0.2) is 4.79 Å². The highest BCUT2D eigenvalue weighted by Crippen LogP contribution is 2.26. The molecule has 2 N–H and O–H groups in total. The largest absolute Gasteiger partial charge is 0.480 e. The molecule has 1 saturated heterocycles. The molecule has 7 heteroatoms. The predicted molar refractivity (Wildman–Crippen MR) is 86.5 cm³/mol. The molecule has 1 fully saturated rings. The SMILES string of the molecule is CCCC(NC(=O)C1CSCN1C(=O)CC(C)(C)C)C(=O)O. The standard InChI is InChI=1S/C15H26N2O4S/c1-5-6-10(14(20)21)16-13(19)11-8-22-9-17(11)12(18)7-15(2,3)4/h10-11H,5-9H2,1-4H3,(H,16,19)(H,20,21). The number of hydrogen-bond acceptors (Lipinski definition) is 4. The van der Waals surface area contributed by atoms with E-state index in [2.05, 4.69) is 5.32 Å². The molecule has 1 aliphatic rings. The molecule has 1 aliphatic heterocycles. The van der Waals surface area contributed by atoms with Gasteiger partial charge in [0.2, 0.25) is 11.8 Å². The summed E-state index contributed by atoms with van der Waals surface area (Å²) >= 11 is 1.52. The number of hydrogen-bond donors (Lipinski definition) is 2. The van der Waals surface area contributed by atoms with Gasteiger partial charge in [-0.05, 0) is 11.8 Å². The number of nitrogens with zero attached hydrogens (tertiary/aromatic N) is 1. The van der Waals surface area contributed by atoms with E-state index < -0.39 is 18.1 Å². The fourth-order valence-corrected chi connectivity index (χ4v) is 3.46. The first-order valence-corrected chi connectivity index (χ1v) is 8.71. The average molecular weight is 330 g/mol. The van der Waals surface area contributed by atoms with E-state index in [1.807, 2.05) is 27.7 Å². The molecular formula is C15H26N2O4S. The van der Waals surface area contributed by atoms with Gasteiger partial charge in [0.25, 0.3) is 0 Å². The molecular weight excluding hydrogens is 304 g/mol. The predicted octanol–water partition coefficient (Wildman–Crippen LogP) is 1.69. The van der Waals surface area contributed by atoms with Crippen molar-refractivity contribution in [3.8, 4) is 0 Å². The zero-order valence-corrected chi connectivity index (χ0v) is 14.5. The number of carbonyl (C=O) groups is 3. The average Bonchev–Trinajstić information content (AvgIpc) is 2.85. The highest BCUT2D eigenvalue weighted by molar-refractivity contribution is 7.99. The van der Waals surface area contributed by atoms with Crippen LogP contribution in [0.5, 0.6) is 0 Å². The molecule has 6 nitrogen and oxygen atoms in total. The Morgan fingerprint density at radius 3 is 2.50 bits per heavy atom. The molecule has 0 aromatic carbocycles. The minimum atomic E-state index is -1.03. The number of thioether (sulfide) groups is 1. The normalized spacial score (nSPS) is 19.8. The van der Waals surface area contributed by atoms with E-state index in [1.165, 1.54) is 11.8 Å². The van der Waals surface area contributed by atoms with Crippen LogP contribution in [0.2, 0.25) is 0 Å². The molecule has 0 aromatic rings. The lowest BCUT2D eigenvalue weighted by atomic mass is 9.91. The summed E-state index contributed by atoms with van der Waals surface area (Å²) in [5.74, 6) is -0.458. The topological polar surface area (TPSA) is 86.7 Å². The Kier molecular flexibility index (Phi) is 6.71. The van der Waals surface area contributed by atoms with Gasteiger partial charge in [0, 0.05) is 12.2 Å². The van der Waals surface area contributed by atoms with Crippen LogP contribution in [0.25, 0.3) is 0 Å². The number of carboxylic acid groups (broad SMARTS) is 1. The molecule has 1 heterocycles. The summed E-state index contributed by atoms with van der Waals surface area (Å²) < 4.78 is 0. The molecule has 2 atom stereocenters. The second kappa shape index (κ2) is 7.85. The smallest absolute Gasteiger partial charge is 0.326 e. The molecule has 0 aliphatic carbocycles. The second-order valence-electron chi connectivity index (χ2n) is 6.80. The van der Waals surface area contributed by atoms with Crippen LogP contribution in [0.1, 0.15) is 47.0 Å². The minimum absolute atomic E-state index is 0.0555. The number of carbonyl (C=O) groups excluding carboxylic acids is 2. The van der Waals surface area contributed by atoms with Crippen LogP contribution in [0, 0.1) is 5.41 Å². The van der Waals surface area contributed by atoms with Crippen molar-refractivity contribution >= 4 is 29.5 Å². The molecule has 0 spiro atoms. The zero-order valence-electron chi connectivity index (χ0n) is 13.7. The van der Waals surface area contributed by atoms with E-state index in [4.69, 9.17) is 5.11 Å². The summed E-state index contributed by atoms with van der Waals surface area (Å²) in [5.41, 5.74) is -0.142. The van der Waals surface area contributed by atoms with Crippen molar-refractivity contribution in [3.63, 3.8) is 0 Å². The van der Waals surface area contributed by atoms with Gasteiger partial charge in [-0.1, -0.05) is 34.1 Å². The summed E-state index contributed by atoms with van der Waals surface area (Å²) in [6.45, 7) is 7.80. The van der Waals surface area contributed by atoms with Crippen LogP contribution in [0.3, 0.4) is 0 Å². The molecule has 2 unspecified atom stereocenters. The molecule has 2 amide bonds. The molecule has 0 bridgehead atoms. The van der Waals surface area contributed by atoms with Crippen LogP contribution in [0.15, 0.2) is 0 Å². The third-order valence-corrected chi connectivity index (χ3v) is 4.39. The number of rotatable bonds is 6. The maximum Gasteiger partial charge on any atom is 0.326 e. The van der Waals surface area contributed by atoms with Gasteiger partial charge >= 0.3 is 5.97 Å². The van der Waals surface area contributed by atoms with Crippen LogP contribution in [0.4, 0.5) is 0 Å². The highest BCUT2D eigenvalue weighted by Gasteiger charge is 2.37. The number of carboxylic acids is 1. The summed E-state index contributed by atoms with van der Waals surface area (Å²) in [5, 5.41) is 11.7. The Bertz CT molecular complexity index is 434. The lowest BCUT2D eigenvalue weighted by Gasteiger charge is -2.27. The van der Waals surface area contributed by atoms with Crippen molar-refractivity contribution in [3.05, 3.63) is 0 Å². The summed E-state index contributed by atoms with van der Waals surface area (Å²) in [6, 6.07) is -1.46. The van der Waals surface area contributed by atoms with E-state index in [0.717, 1.165) is 0 Å². The first-order valence-electron chi connectivity index (χ1n) is 7.56. The summed E-state index contributed by atoms with van der Waals surface area (Å²) in [7, 11) is 0. The van der Waals surface area contributed by atoms with Gasteiger partial charge in [-0.3, -0.25) is 9.59 Å². The monoisotopic (exact) mass is 330 g/mol. The molecule has 126 valence electrons.